The molecule has 0 spiro atoms. The Hall–Kier alpha value is -4.53. The molecule has 2 aromatic carbocycles. The summed E-state index contributed by atoms with van der Waals surface area (Å²) in [6.45, 7) is 6.73. The molecular weight excluding hydrogens is 478 g/mol. The van der Waals surface area contributed by atoms with Crippen LogP contribution in [0.15, 0.2) is 71.8 Å². The van der Waals surface area contributed by atoms with Crippen molar-refractivity contribution in [3.8, 4) is 34.0 Å². The van der Waals surface area contributed by atoms with Gasteiger partial charge in [0.2, 0.25) is 0 Å². The molecule has 0 saturated heterocycles. The molecule has 0 radical (unpaired) electrons. The molecule has 194 valence electrons. The van der Waals surface area contributed by atoms with Crippen molar-refractivity contribution in [3.63, 3.8) is 0 Å². The summed E-state index contributed by atoms with van der Waals surface area (Å²) in [5, 5.41) is 14.3. The number of nitrogens with one attached hydrogen (secondary N) is 1. The van der Waals surface area contributed by atoms with Crippen LogP contribution in [0.4, 0.5) is 0 Å². The van der Waals surface area contributed by atoms with E-state index in [0.29, 0.717) is 18.1 Å². The summed E-state index contributed by atoms with van der Waals surface area (Å²) in [7, 11) is 1.64. The van der Waals surface area contributed by atoms with Crippen molar-refractivity contribution in [1.29, 1.82) is 0 Å². The van der Waals surface area contributed by atoms with E-state index in [2.05, 4.69) is 47.5 Å². The van der Waals surface area contributed by atoms with Crippen molar-refractivity contribution in [2.24, 2.45) is 0 Å². The van der Waals surface area contributed by atoms with Crippen LogP contribution in [0.1, 0.15) is 50.1 Å². The molecule has 0 fully saturated rings. The molecule has 3 heterocycles. The minimum Gasteiger partial charge on any atom is -0.495 e. The molecule has 5 aromatic rings. The molecule has 9 heteroatoms. The lowest BCUT2D eigenvalue weighted by Gasteiger charge is -2.16. The molecular formula is C29H31N7O2. The highest BCUT2D eigenvalue weighted by molar-refractivity contribution is 5.79. The first kappa shape index (κ1) is 25.1. The van der Waals surface area contributed by atoms with E-state index in [9.17, 15) is 4.79 Å². The van der Waals surface area contributed by atoms with Crippen LogP contribution < -0.4 is 10.4 Å². The largest absolute Gasteiger partial charge is 0.495 e. The lowest BCUT2D eigenvalue weighted by atomic mass is 10.0. The quantitative estimate of drug-likeness (QED) is 0.299. The van der Waals surface area contributed by atoms with E-state index in [1.165, 1.54) is 0 Å². The summed E-state index contributed by atoms with van der Waals surface area (Å²) in [6, 6.07) is 17.8. The number of methoxy groups -OCH3 is 1. The lowest BCUT2D eigenvalue weighted by Crippen LogP contribution is -2.26. The minimum atomic E-state index is -0.103. The zero-order valence-corrected chi connectivity index (χ0v) is 22.0. The average molecular weight is 510 g/mol. The topological polar surface area (TPSA) is 104 Å². The van der Waals surface area contributed by atoms with Crippen LogP contribution in [0.2, 0.25) is 0 Å². The Morgan fingerprint density at radius 1 is 1.03 bits per heavy atom. The lowest BCUT2D eigenvalue weighted by molar-refractivity contribution is 0.411. The molecule has 1 N–H and O–H groups in total. The highest BCUT2D eigenvalue weighted by Gasteiger charge is 2.20. The van der Waals surface area contributed by atoms with E-state index in [1.54, 1.807) is 11.7 Å². The smallest absolute Gasteiger partial charge is 0.333 e. The number of hydrogen-bond donors (Lipinski definition) is 1. The molecule has 0 saturated carbocycles. The van der Waals surface area contributed by atoms with Gasteiger partial charge in [0.15, 0.2) is 5.82 Å². The van der Waals surface area contributed by atoms with Gasteiger partial charge in [-0.1, -0.05) is 69.7 Å². The zero-order valence-electron chi connectivity index (χ0n) is 22.0. The highest BCUT2D eigenvalue weighted by atomic mass is 16.5. The number of benzene rings is 2. The Labute approximate surface area is 221 Å². The number of para-hydroxylation sites is 1. The second-order valence-corrected chi connectivity index (χ2v) is 9.50. The summed E-state index contributed by atoms with van der Waals surface area (Å²) in [4.78, 5) is 18.5. The standard InChI is InChI=1S/C29H31N7O2/c1-5-9-22-18-36(27-23(19(2)3)12-8-13-26(27)38-4)29(37)35(22)17-21-15-14-20(16-30-21)24-10-6-7-11-25(24)28-31-33-34-32-28/h6-8,10-16,18-19H,5,9,17H2,1-4H3,(H,31,32,33,34). The Bertz CT molecular complexity index is 1580. The van der Waals surface area contributed by atoms with Crippen LogP contribution in [0, 0.1) is 0 Å². The van der Waals surface area contributed by atoms with Gasteiger partial charge in [-0.15, -0.1) is 5.10 Å². The van der Waals surface area contributed by atoms with Gasteiger partial charge in [0.05, 0.1) is 25.0 Å². The van der Waals surface area contributed by atoms with E-state index in [-0.39, 0.29) is 11.6 Å². The second kappa shape index (κ2) is 10.8. The first-order chi connectivity index (χ1) is 18.5. The number of aromatic amines is 1. The number of rotatable bonds is 9. The first-order valence-electron chi connectivity index (χ1n) is 12.8. The number of ether oxygens (including phenoxy) is 1. The van der Waals surface area contributed by atoms with Crippen molar-refractivity contribution in [3.05, 3.63) is 94.4 Å². The SMILES string of the molecule is CCCc1cn(-c2c(OC)cccc2C(C)C)c(=O)n1Cc1ccc(-c2ccccc2-c2nnn[nH]2)cn1. The number of nitrogens with zero attached hydrogens (tertiary/aromatic N) is 6. The normalized spacial score (nSPS) is 11.3. The molecule has 0 unspecified atom stereocenters. The van der Waals surface area contributed by atoms with Gasteiger partial charge in [-0.2, -0.15) is 0 Å². The van der Waals surface area contributed by atoms with E-state index in [1.807, 2.05) is 65.5 Å². The molecule has 0 bridgehead atoms. The molecule has 38 heavy (non-hydrogen) atoms. The monoisotopic (exact) mass is 509 g/mol. The van der Waals surface area contributed by atoms with Crippen LogP contribution in [0.5, 0.6) is 5.75 Å². The highest BCUT2D eigenvalue weighted by Crippen LogP contribution is 2.32. The summed E-state index contributed by atoms with van der Waals surface area (Å²) in [5.41, 5.74) is 6.33. The van der Waals surface area contributed by atoms with Crippen molar-refractivity contribution in [2.45, 2.75) is 46.1 Å². The number of aryl methyl sites for hydroxylation is 1. The van der Waals surface area contributed by atoms with Gasteiger partial charge in [0.25, 0.3) is 0 Å². The van der Waals surface area contributed by atoms with Crippen molar-refractivity contribution < 1.29 is 4.74 Å². The van der Waals surface area contributed by atoms with Gasteiger partial charge >= 0.3 is 5.69 Å². The molecule has 0 aliphatic heterocycles. The predicted octanol–water partition coefficient (Wildman–Crippen LogP) is 5.01. The van der Waals surface area contributed by atoms with Crippen LogP contribution in [0.25, 0.3) is 28.2 Å². The molecule has 0 aliphatic carbocycles. The summed E-state index contributed by atoms with van der Waals surface area (Å²) < 4.78 is 9.22. The van der Waals surface area contributed by atoms with Crippen LogP contribution in [-0.2, 0) is 13.0 Å². The first-order valence-corrected chi connectivity index (χ1v) is 12.8. The molecule has 0 atom stereocenters. The fraction of sp³-hybridized carbons (Fsp3) is 0.276. The third-order valence-electron chi connectivity index (χ3n) is 6.66. The van der Waals surface area contributed by atoms with Gasteiger partial charge in [0, 0.05) is 29.2 Å². The number of H-pyrrole nitrogens is 1. The maximum Gasteiger partial charge on any atom is 0.333 e. The maximum atomic E-state index is 13.8. The molecule has 0 amide bonds. The third-order valence-corrected chi connectivity index (χ3v) is 6.66. The number of aromatic nitrogens is 7. The van der Waals surface area contributed by atoms with Crippen LogP contribution in [-0.4, -0.2) is 41.9 Å². The summed E-state index contributed by atoms with van der Waals surface area (Å²) in [6.07, 6.45) is 5.49. The maximum absolute atomic E-state index is 13.8. The number of imidazole rings is 1. The number of hydrogen-bond acceptors (Lipinski definition) is 6. The van der Waals surface area contributed by atoms with E-state index >= 15 is 0 Å². The van der Waals surface area contributed by atoms with Gasteiger partial charge in [-0.25, -0.2) is 9.89 Å². The van der Waals surface area contributed by atoms with Crippen molar-refractivity contribution >= 4 is 0 Å². The molecule has 0 aliphatic rings. The average Bonchev–Trinajstić information content (AvgIpc) is 3.58. The Morgan fingerprint density at radius 2 is 1.84 bits per heavy atom. The van der Waals surface area contributed by atoms with Gasteiger partial charge in [-0.3, -0.25) is 14.1 Å². The fourth-order valence-corrected chi connectivity index (χ4v) is 4.79. The van der Waals surface area contributed by atoms with Gasteiger partial charge in [-0.05, 0) is 46.0 Å². The van der Waals surface area contributed by atoms with Crippen LogP contribution >= 0.6 is 0 Å². The Morgan fingerprint density at radius 3 is 2.50 bits per heavy atom. The summed E-state index contributed by atoms with van der Waals surface area (Å²) in [5.74, 6) is 1.51. The number of pyridine rings is 1. The minimum absolute atomic E-state index is 0.103. The zero-order chi connectivity index (χ0) is 26.6. The third kappa shape index (κ3) is 4.74. The number of tetrazole rings is 1. The fourth-order valence-electron chi connectivity index (χ4n) is 4.79. The predicted molar refractivity (Wildman–Crippen MR) is 147 cm³/mol. The van der Waals surface area contributed by atoms with Gasteiger partial charge < -0.3 is 4.74 Å². The van der Waals surface area contributed by atoms with E-state index in [0.717, 1.165) is 52.2 Å². The van der Waals surface area contributed by atoms with Crippen LogP contribution in [0.3, 0.4) is 0 Å². The Balaban J connectivity index is 1.52. The van der Waals surface area contributed by atoms with E-state index in [4.69, 9.17) is 9.72 Å². The van der Waals surface area contributed by atoms with Crippen molar-refractivity contribution in [1.82, 2.24) is 34.7 Å². The second-order valence-electron chi connectivity index (χ2n) is 9.50. The molecule has 3 aromatic heterocycles. The van der Waals surface area contributed by atoms with Gasteiger partial charge in [0.1, 0.15) is 5.75 Å². The summed E-state index contributed by atoms with van der Waals surface area (Å²) >= 11 is 0. The van der Waals surface area contributed by atoms with E-state index < -0.39 is 0 Å². The molecule has 5 rings (SSSR count). The van der Waals surface area contributed by atoms with Crippen molar-refractivity contribution in [2.75, 3.05) is 7.11 Å². The molecule has 9 nitrogen and oxygen atoms in total. The Kier molecular flexibility index (Phi) is 7.17.